The molecule has 21 heavy (non-hydrogen) atoms. The summed E-state index contributed by atoms with van der Waals surface area (Å²) in [5, 5.41) is 0. The summed E-state index contributed by atoms with van der Waals surface area (Å²) < 4.78 is 2.35. The third kappa shape index (κ3) is 6.80. The fraction of sp³-hybridized carbons (Fsp3) is 0.368. The van der Waals surface area contributed by atoms with E-state index in [2.05, 4.69) is 80.4 Å². The van der Waals surface area contributed by atoms with E-state index >= 15 is 0 Å². The van der Waals surface area contributed by atoms with E-state index in [0.717, 1.165) is 0 Å². The fourth-order valence-corrected chi connectivity index (χ4v) is 3.24. The molecule has 0 N–H and O–H groups in total. The molecule has 0 amide bonds. The molecule has 0 spiro atoms. The molecule has 0 heterocycles. The van der Waals surface area contributed by atoms with E-state index in [1.807, 2.05) is 0 Å². The summed E-state index contributed by atoms with van der Waals surface area (Å²) >= 11 is 7.01. The van der Waals surface area contributed by atoms with Crippen molar-refractivity contribution in [2.45, 2.75) is 44.9 Å². The van der Waals surface area contributed by atoms with Gasteiger partial charge in [0.1, 0.15) is 0 Å². The van der Waals surface area contributed by atoms with E-state index in [0.29, 0.717) is 0 Å². The lowest BCUT2D eigenvalue weighted by molar-refractivity contribution is 0.613. The van der Waals surface area contributed by atoms with Crippen molar-refractivity contribution in [3.8, 4) is 0 Å². The Labute approximate surface area is 145 Å². The van der Waals surface area contributed by atoms with E-state index in [9.17, 15) is 0 Å². The van der Waals surface area contributed by atoms with Crippen molar-refractivity contribution in [1.82, 2.24) is 0 Å². The molecule has 2 heteroatoms. The van der Waals surface area contributed by atoms with Gasteiger partial charge in [-0.25, -0.2) is 0 Å². The maximum Gasteiger partial charge on any atom is 0.0177 e. The maximum absolute atomic E-state index is 3.53. The van der Waals surface area contributed by atoms with Gasteiger partial charge in [-0.3, -0.25) is 0 Å². The van der Waals surface area contributed by atoms with E-state index in [-0.39, 0.29) is 0 Å². The molecule has 112 valence electrons. The number of rotatable bonds is 8. The highest BCUT2D eigenvalue weighted by Crippen LogP contribution is 2.16. The number of benzene rings is 2. The minimum atomic E-state index is 1.17. The van der Waals surface area contributed by atoms with Gasteiger partial charge in [0.15, 0.2) is 0 Å². The third-order valence-electron chi connectivity index (χ3n) is 3.73. The molecule has 0 fully saturated rings. The van der Waals surface area contributed by atoms with Gasteiger partial charge in [-0.2, -0.15) is 0 Å². The molecule has 0 aliphatic carbocycles. The Bertz CT molecular complexity index is 532. The molecule has 0 saturated carbocycles. The molecule has 0 saturated heterocycles. The lowest BCUT2D eigenvalue weighted by Gasteiger charge is -2.04. The summed E-state index contributed by atoms with van der Waals surface area (Å²) in [7, 11) is 0. The summed E-state index contributed by atoms with van der Waals surface area (Å²) in [5.41, 5.74) is 2.89. The van der Waals surface area contributed by atoms with Crippen LogP contribution in [0.15, 0.2) is 57.5 Å². The van der Waals surface area contributed by atoms with E-state index in [1.165, 1.54) is 65.0 Å². The van der Waals surface area contributed by atoms with Gasteiger partial charge in [0, 0.05) is 8.95 Å². The first-order valence-electron chi connectivity index (χ1n) is 7.73. The monoisotopic (exact) mass is 408 g/mol. The Kier molecular flexibility index (Phi) is 7.52. The summed E-state index contributed by atoms with van der Waals surface area (Å²) in [6, 6.07) is 17.4. The summed E-state index contributed by atoms with van der Waals surface area (Å²) in [5.74, 6) is 0. The standard InChI is InChI=1S/C19H22Br2/c20-18-13-11-16(12-14-18)7-4-2-1-3-5-8-17-9-6-10-19(21)15-17/h6,9-15H,1-5,7-8H2. The second-order valence-electron chi connectivity index (χ2n) is 5.52. The highest BCUT2D eigenvalue weighted by molar-refractivity contribution is 9.10. The minimum absolute atomic E-state index is 1.17. The Morgan fingerprint density at radius 2 is 1.19 bits per heavy atom. The molecule has 0 radical (unpaired) electrons. The van der Waals surface area contributed by atoms with Crippen LogP contribution in [0.4, 0.5) is 0 Å². The van der Waals surface area contributed by atoms with Crippen LogP contribution in [0.25, 0.3) is 0 Å². The van der Waals surface area contributed by atoms with Crippen molar-refractivity contribution in [1.29, 1.82) is 0 Å². The SMILES string of the molecule is Brc1ccc(CCCCCCCc2cccc(Br)c2)cc1. The molecule has 0 aliphatic rings. The van der Waals surface area contributed by atoms with Gasteiger partial charge in [0.2, 0.25) is 0 Å². The van der Waals surface area contributed by atoms with Gasteiger partial charge in [-0.1, -0.05) is 75.4 Å². The van der Waals surface area contributed by atoms with E-state index in [1.54, 1.807) is 0 Å². The smallest absolute Gasteiger partial charge is 0.0177 e. The summed E-state index contributed by atoms with van der Waals surface area (Å²) in [6.45, 7) is 0. The first kappa shape index (κ1) is 16.8. The number of halogens is 2. The zero-order valence-electron chi connectivity index (χ0n) is 12.3. The molecule has 0 nitrogen and oxygen atoms in total. The Morgan fingerprint density at radius 3 is 1.86 bits per heavy atom. The molecule has 0 unspecified atom stereocenters. The van der Waals surface area contributed by atoms with Gasteiger partial charge in [0.25, 0.3) is 0 Å². The number of unbranched alkanes of at least 4 members (excludes halogenated alkanes) is 4. The lowest BCUT2D eigenvalue weighted by atomic mass is 10.0. The predicted molar refractivity (Wildman–Crippen MR) is 98.8 cm³/mol. The molecular formula is C19H22Br2. The van der Waals surface area contributed by atoms with Crippen molar-refractivity contribution < 1.29 is 0 Å². The molecule has 2 rings (SSSR count). The van der Waals surface area contributed by atoms with Crippen LogP contribution < -0.4 is 0 Å². The van der Waals surface area contributed by atoms with E-state index < -0.39 is 0 Å². The van der Waals surface area contributed by atoms with Crippen LogP contribution in [0, 0.1) is 0 Å². The minimum Gasteiger partial charge on any atom is -0.0609 e. The highest BCUT2D eigenvalue weighted by Gasteiger charge is 1.97. The van der Waals surface area contributed by atoms with Crippen LogP contribution >= 0.6 is 31.9 Å². The van der Waals surface area contributed by atoms with Crippen molar-refractivity contribution in [2.24, 2.45) is 0 Å². The quantitative estimate of drug-likeness (QED) is 0.414. The molecule has 0 aromatic heterocycles. The Hall–Kier alpha value is -0.600. The van der Waals surface area contributed by atoms with Gasteiger partial charge in [-0.05, 0) is 61.1 Å². The zero-order chi connectivity index (χ0) is 14.9. The summed E-state index contributed by atoms with van der Waals surface area (Å²) in [6.07, 6.45) is 9.05. The zero-order valence-corrected chi connectivity index (χ0v) is 15.5. The third-order valence-corrected chi connectivity index (χ3v) is 4.76. The summed E-state index contributed by atoms with van der Waals surface area (Å²) in [4.78, 5) is 0. The van der Waals surface area contributed by atoms with Crippen LogP contribution in [0.2, 0.25) is 0 Å². The fourth-order valence-electron chi connectivity index (χ4n) is 2.53. The van der Waals surface area contributed by atoms with Gasteiger partial charge in [-0.15, -0.1) is 0 Å². The lowest BCUT2D eigenvalue weighted by Crippen LogP contribution is -1.88. The van der Waals surface area contributed by atoms with Crippen molar-refractivity contribution >= 4 is 31.9 Å². The molecule has 0 atom stereocenters. The van der Waals surface area contributed by atoms with Gasteiger partial charge in [0.05, 0.1) is 0 Å². The number of hydrogen-bond donors (Lipinski definition) is 0. The van der Waals surface area contributed by atoms with Gasteiger partial charge >= 0.3 is 0 Å². The number of hydrogen-bond acceptors (Lipinski definition) is 0. The van der Waals surface area contributed by atoms with Crippen LogP contribution in [0.1, 0.15) is 43.2 Å². The van der Waals surface area contributed by atoms with Crippen LogP contribution in [-0.2, 0) is 12.8 Å². The van der Waals surface area contributed by atoms with E-state index in [4.69, 9.17) is 0 Å². The topological polar surface area (TPSA) is 0 Å². The average Bonchev–Trinajstić information content (AvgIpc) is 2.48. The van der Waals surface area contributed by atoms with Crippen molar-refractivity contribution in [3.05, 3.63) is 68.6 Å². The average molecular weight is 410 g/mol. The van der Waals surface area contributed by atoms with Crippen molar-refractivity contribution in [2.75, 3.05) is 0 Å². The van der Waals surface area contributed by atoms with Crippen LogP contribution in [-0.4, -0.2) is 0 Å². The second-order valence-corrected chi connectivity index (χ2v) is 7.36. The van der Waals surface area contributed by atoms with Crippen LogP contribution in [0.3, 0.4) is 0 Å². The van der Waals surface area contributed by atoms with Crippen molar-refractivity contribution in [3.63, 3.8) is 0 Å². The predicted octanol–water partition coefficient (Wildman–Crippen LogP) is 6.95. The first-order valence-corrected chi connectivity index (χ1v) is 9.31. The highest BCUT2D eigenvalue weighted by atomic mass is 79.9. The van der Waals surface area contributed by atoms with Crippen LogP contribution in [0.5, 0.6) is 0 Å². The largest absolute Gasteiger partial charge is 0.0609 e. The molecule has 0 aliphatic heterocycles. The first-order chi connectivity index (χ1) is 10.2. The Morgan fingerprint density at radius 1 is 0.571 bits per heavy atom. The maximum atomic E-state index is 3.53. The van der Waals surface area contributed by atoms with Gasteiger partial charge < -0.3 is 0 Å². The molecule has 2 aromatic rings. The normalized spacial score (nSPS) is 10.8. The Balaban J connectivity index is 1.53. The number of aryl methyl sites for hydroxylation is 2. The molecular weight excluding hydrogens is 388 g/mol. The molecule has 0 bridgehead atoms. The second kappa shape index (κ2) is 9.42. The molecule has 2 aromatic carbocycles.